The first kappa shape index (κ1) is 43.8. The third kappa shape index (κ3) is 16.5. The van der Waals surface area contributed by atoms with Gasteiger partial charge in [-0.2, -0.15) is 0 Å². The molecule has 0 saturated carbocycles. The number of hydrogen-bond acceptors (Lipinski definition) is 8. The van der Waals surface area contributed by atoms with Crippen molar-refractivity contribution >= 4 is 47.3 Å². The molecule has 0 spiro atoms. The molecule has 48 heavy (non-hydrogen) atoms. The highest BCUT2D eigenvalue weighted by Gasteiger charge is 2.36. The molecule has 0 rings (SSSR count). The van der Waals surface area contributed by atoms with Crippen molar-refractivity contribution in [3.05, 3.63) is 0 Å². The summed E-state index contributed by atoms with van der Waals surface area (Å²) in [6.45, 7) is 17.5. The van der Waals surface area contributed by atoms with E-state index >= 15 is 0 Å². The molecule has 4 unspecified atom stereocenters. The van der Waals surface area contributed by atoms with E-state index in [1.54, 1.807) is 27.7 Å². The number of rotatable bonds is 20. The van der Waals surface area contributed by atoms with Crippen molar-refractivity contribution in [2.75, 3.05) is 13.1 Å². The van der Waals surface area contributed by atoms with Crippen LogP contribution in [0.4, 0.5) is 0 Å². The second kappa shape index (κ2) is 20.2. The summed E-state index contributed by atoms with van der Waals surface area (Å²) >= 11 is 0. The number of amides is 8. The molecule has 0 aromatic rings. The molecule has 8 amide bonds. The van der Waals surface area contributed by atoms with E-state index in [2.05, 4.69) is 37.2 Å². The molecule has 0 heterocycles. The van der Waals surface area contributed by atoms with Gasteiger partial charge < -0.3 is 43.0 Å². The lowest BCUT2D eigenvalue weighted by Crippen LogP contribution is -2.63. The maximum atomic E-state index is 13.3. The quantitative estimate of drug-likeness (QED) is 0.0786. The first-order valence-corrected chi connectivity index (χ1v) is 16.3. The molecule has 0 bridgehead atoms. The zero-order valence-electron chi connectivity index (χ0n) is 30.3. The van der Waals surface area contributed by atoms with E-state index in [-0.39, 0.29) is 24.2 Å². The standard InChI is InChI=1S/C32H58N8O8/c1-16(2)12-21(27(33)44)37-23(42)14-35-30(47)26(19(7)8)39-31(48)32(10,11)40-28(45)22(13-17(3)4)38-24(43)15-34-29(46)25(18(5)6)36-20(9)41/h16-19,21-22,25-26H,12-15H2,1-11H3,(H2,33,44)(H,34,46)(H,35,47)(H,36,41)(H,37,42)(H,38,43)(H,39,48)(H,40,45). The summed E-state index contributed by atoms with van der Waals surface area (Å²) in [7, 11) is 0. The molecule has 0 fully saturated rings. The monoisotopic (exact) mass is 682 g/mol. The molecule has 9 N–H and O–H groups in total. The number of hydrogen-bond donors (Lipinski definition) is 8. The van der Waals surface area contributed by atoms with Crippen LogP contribution in [0, 0.1) is 23.7 Å². The topological polar surface area (TPSA) is 247 Å². The molecule has 16 nitrogen and oxygen atoms in total. The average molecular weight is 683 g/mol. The number of primary amides is 1. The van der Waals surface area contributed by atoms with Gasteiger partial charge in [-0.05, 0) is 50.4 Å². The Morgan fingerprint density at radius 1 is 0.583 bits per heavy atom. The fourth-order valence-corrected chi connectivity index (χ4v) is 4.53. The van der Waals surface area contributed by atoms with Gasteiger partial charge in [0.2, 0.25) is 47.3 Å². The summed E-state index contributed by atoms with van der Waals surface area (Å²) in [4.78, 5) is 100. The van der Waals surface area contributed by atoms with Gasteiger partial charge in [0.25, 0.3) is 0 Å². The third-order valence-electron chi connectivity index (χ3n) is 7.14. The van der Waals surface area contributed by atoms with E-state index in [9.17, 15) is 38.4 Å². The van der Waals surface area contributed by atoms with Crippen molar-refractivity contribution in [2.24, 2.45) is 29.4 Å². The van der Waals surface area contributed by atoms with Gasteiger partial charge in [-0.3, -0.25) is 38.4 Å². The Hall–Kier alpha value is -4.24. The van der Waals surface area contributed by atoms with Gasteiger partial charge in [-0.25, -0.2) is 0 Å². The van der Waals surface area contributed by atoms with Crippen LogP contribution in [-0.2, 0) is 38.4 Å². The Bertz CT molecular complexity index is 1170. The van der Waals surface area contributed by atoms with Crippen LogP contribution in [0.3, 0.4) is 0 Å². The lowest BCUT2D eigenvalue weighted by molar-refractivity contribution is -0.137. The molecule has 4 atom stereocenters. The third-order valence-corrected chi connectivity index (χ3v) is 7.14. The molecule has 16 heteroatoms. The highest BCUT2D eigenvalue weighted by molar-refractivity contribution is 5.97. The second-order valence-corrected chi connectivity index (χ2v) is 14.1. The van der Waals surface area contributed by atoms with Crippen molar-refractivity contribution in [2.45, 2.75) is 119 Å². The lowest BCUT2D eigenvalue weighted by Gasteiger charge is -2.31. The fraction of sp³-hybridized carbons (Fsp3) is 0.750. The number of nitrogens with one attached hydrogen (secondary N) is 7. The summed E-state index contributed by atoms with van der Waals surface area (Å²) in [5.74, 6) is -5.51. The van der Waals surface area contributed by atoms with Crippen LogP contribution in [0.25, 0.3) is 0 Å². The molecule has 0 aliphatic carbocycles. The van der Waals surface area contributed by atoms with Crippen LogP contribution in [-0.4, -0.2) is 90.1 Å². The predicted molar refractivity (Wildman–Crippen MR) is 179 cm³/mol. The lowest BCUT2D eigenvalue weighted by atomic mass is 9.97. The highest BCUT2D eigenvalue weighted by Crippen LogP contribution is 2.11. The van der Waals surface area contributed by atoms with Gasteiger partial charge in [-0.1, -0.05) is 55.4 Å². The number of carbonyl (C=O) groups excluding carboxylic acids is 8. The molecule has 274 valence electrons. The minimum Gasteiger partial charge on any atom is -0.368 e. The van der Waals surface area contributed by atoms with Gasteiger partial charge in [0, 0.05) is 6.92 Å². The Kier molecular flexibility index (Phi) is 18.4. The van der Waals surface area contributed by atoms with Crippen LogP contribution in [0.2, 0.25) is 0 Å². The number of carbonyl (C=O) groups is 8. The largest absolute Gasteiger partial charge is 0.368 e. The van der Waals surface area contributed by atoms with Crippen LogP contribution >= 0.6 is 0 Å². The molecule has 0 aliphatic heterocycles. The van der Waals surface area contributed by atoms with E-state index in [0.717, 1.165) is 0 Å². The van der Waals surface area contributed by atoms with Gasteiger partial charge >= 0.3 is 0 Å². The van der Waals surface area contributed by atoms with E-state index < -0.39 is 96.0 Å². The van der Waals surface area contributed by atoms with Crippen molar-refractivity contribution in [3.8, 4) is 0 Å². The van der Waals surface area contributed by atoms with Gasteiger partial charge in [0.05, 0.1) is 13.1 Å². The second-order valence-electron chi connectivity index (χ2n) is 14.1. The summed E-state index contributed by atoms with van der Waals surface area (Å²) in [6.07, 6.45) is 0.550. The Balaban J connectivity index is 5.45. The maximum absolute atomic E-state index is 13.3. The Morgan fingerprint density at radius 2 is 0.979 bits per heavy atom. The average Bonchev–Trinajstić information content (AvgIpc) is 2.94. The molecule has 0 radical (unpaired) electrons. The van der Waals surface area contributed by atoms with Gasteiger partial charge in [-0.15, -0.1) is 0 Å². The first-order chi connectivity index (χ1) is 22.0. The van der Waals surface area contributed by atoms with Gasteiger partial charge in [0.15, 0.2) is 0 Å². The highest BCUT2D eigenvalue weighted by atomic mass is 16.2. The maximum Gasteiger partial charge on any atom is 0.245 e. The van der Waals surface area contributed by atoms with Crippen molar-refractivity contribution < 1.29 is 38.4 Å². The molecular formula is C32H58N8O8. The van der Waals surface area contributed by atoms with Crippen LogP contribution in [0.15, 0.2) is 0 Å². The molecular weight excluding hydrogens is 624 g/mol. The van der Waals surface area contributed by atoms with Crippen LogP contribution in [0.5, 0.6) is 0 Å². The van der Waals surface area contributed by atoms with Gasteiger partial charge in [0.1, 0.15) is 29.7 Å². The summed E-state index contributed by atoms with van der Waals surface area (Å²) in [5, 5.41) is 17.8. The summed E-state index contributed by atoms with van der Waals surface area (Å²) < 4.78 is 0. The molecule has 0 saturated heterocycles. The Morgan fingerprint density at radius 3 is 1.35 bits per heavy atom. The zero-order chi connectivity index (χ0) is 37.5. The SMILES string of the molecule is CC(=O)NC(C(=O)NCC(=O)NC(CC(C)C)C(=O)NC(C)(C)C(=O)NC(C(=O)NCC(=O)NC(CC(C)C)C(N)=O)C(C)C)C(C)C. The normalized spacial score (nSPS) is 14.0. The first-order valence-electron chi connectivity index (χ1n) is 16.3. The fourth-order valence-electron chi connectivity index (χ4n) is 4.53. The smallest absolute Gasteiger partial charge is 0.245 e. The minimum atomic E-state index is -1.54. The van der Waals surface area contributed by atoms with E-state index in [1.807, 2.05) is 27.7 Å². The summed E-state index contributed by atoms with van der Waals surface area (Å²) in [6, 6.07) is -3.87. The van der Waals surface area contributed by atoms with Crippen LogP contribution < -0.4 is 43.0 Å². The number of nitrogens with two attached hydrogens (primary N) is 1. The summed E-state index contributed by atoms with van der Waals surface area (Å²) in [5.41, 5.74) is 3.83. The Labute approximate surface area is 284 Å². The molecule has 0 aromatic carbocycles. The van der Waals surface area contributed by atoms with E-state index in [0.29, 0.717) is 6.42 Å². The van der Waals surface area contributed by atoms with E-state index in [4.69, 9.17) is 5.73 Å². The van der Waals surface area contributed by atoms with Crippen molar-refractivity contribution in [3.63, 3.8) is 0 Å². The minimum absolute atomic E-state index is 0.0347. The molecule has 0 aromatic heterocycles. The van der Waals surface area contributed by atoms with Crippen LogP contribution in [0.1, 0.15) is 89.0 Å². The van der Waals surface area contributed by atoms with E-state index in [1.165, 1.54) is 20.8 Å². The predicted octanol–water partition coefficient (Wildman–Crippen LogP) is -1.04. The van der Waals surface area contributed by atoms with Crippen molar-refractivity contribution in [1.82, 2.24) is 37.2 Å². The zero-order valence-corrected chi connectivity index (χ0v) is 30.3. The van der Waals surface area contributed by atoms with Crippen molar-refractivity contribution in [1.29, 1.82) is 0 Å². The molecule has 0 aliphatic rings.